The van der Waals surface area contributed by atoms with Gasteiger partial charge in [-0.25, -0.2) is 10.4 Å². The molecule has 0 saturated heterocycles. The lowest BCUT2D eigenvalue weighted by Crippen LogP contribution is -2.21. The Kier molecular flexibility index (Phi) is 5.88. The summed E-state index contributed by atoms with van der Waals surface area (Å²) >= 11 is 0. The lowest BCUT2D eigenvalue weighted by Gasteiger charge is -2.04. The van der Waals surface area contributed by atoms with E-state index in [-0.39, 0.29) is 23.6 Å². The van der Waals surface area contributed by atoms with Crippen LogP contribution in [0.1, 0.15) is 23.7 Å². The molecule has 2 aromatic rings. The highest BCUT2D eigenvalue weighted by Gasteiger charge is 2.11. The van der Waals surface area contributed by atoms with Crippen LogP contribution in [0.5, 0.6) is 0 Å². The number of nitro groups is 1. The van der Waals surface area contributed by atoms with Crippen molar-refractivity contribution in [1.82, 2.24) is 10.4 Å². The van der Waals surface area contributed by atoms with Gasteiger partial charge < -0.3 is 5.32 Å². The Balaban J connectivity index is 1.92. The van der Waals surface area contributed by atoms with Gasteiger partial charge in [-0.05, 0) is 25.1 Å². The largest absolute Gasteiger partial charge is 0.310 e. The van der Waals surface area contributed by atoms with Crippen LogP contribution >= 0.6 is 0 Å². The van der Waals surface area contributed by atoms with Gasteiger partial charge in [-0.1, -0.05) is 12.1 Å². The highest BCUT2D eigenvalue weighted by atomic mass is 16.6. The smallest absolute Gasteiger partial charge is 0.271 e. The van der Waals surface area contributed by atoms with Crippen LogP contribution in [-0.2, 0) is 4.79 Å². The third-order valence-corrected chi connectivity index (χ3v) is 3.02. The first kappa shape index (κ1) is 17.7. The fourth-order valence-electron chi connectivity index (χ4n) is 1.87. The molecule has 0 spiro atoms. The number of nitro benzene ring substituents is 1. The van der Waals surface area contributed by atoms with Crippen LogP contribution in [-0.4, -0.2) is 27.4 Å². The highest BCUT2D eigenvalue weighted by molar-refractivity contribution is 6.05. The van der Waals surface area contributed by atoms with Crippen molar-refractivity contribution >= 4 is 29.0 Å². The molecular weight excluding hydrogens is 326 g/mol. The van der Waals surface area contributed by atoms with E-state index in [0.717, 1.165) is 6.07 Å². The molecule has 9 nitrogen and oxygen atoms in total. The van der Waals surface area contributed by atoms with Crippen LogP contribution in [0.2, 0.25) is 0 Å². The molecule has 0 bridgehead atoms. The Morgan fingerprint density at radius 1 is 1.24 bits per heavy atom. The number of hydrogen-bond donors (Lipinski definition) is 2. The van der Waals surface area contributed by atoms with E-state index < -0.39 is 10.8 Å². The fourth-order valence-corrected chi connectivity index (χ4v) is 1.87. The molecule has 0 radical (unpaired) electrons. The number of non-ortho nitro benzene ring substituents is 1. The van der Waals surface area contributed by atoms with Crippen molar-refractivity contribution in [3.05, 3.63) is 64.3 Å². The number of amides is 2. The number of carbonyl (C=O) groups excluding carboxylic acids is 2. The minimum atomic E-state index is -0.604. The van der Waals surface area contributed by atoms with Crippen molar-refractivity contribution in [2.45, 2.75) is 13.3 Å². The van der Waals surface area contributed by atoms with E-state index in [1.165, 1.54) is 18.2 Å². The van der Waals surface area contributed by atoms with E-state index in [1.807, 2.05) is 0 Å². The summed E-state index contributed by atoms with van der Waals surface area (Å²) in [5.74, 6) is -0.515. The summed E-state index contributed by atoms with van der Waals surface area (Å²) in [6.45, 7) is 1.58. The lowest BCUT2D eigenvalue weighted by atomic mass is 10.2. The molecule has 0 aliphatic rings. The molecule has 2 N–H and O–H groups in total. The maximum Gasteiger partial charge on any atom is 0.271 e. The van der Waals surface area contributed by atoms with Crippen molar-refractivity contribution in [2.24, 2.45) is 5.10 Å². The SMILES string of the molecule is C/C(CC(=O)Nc1ccccn1)=N/NC(=O)c1cccc([N+](=O)[O-])c1. The number of hydrazone groups is 1. The minimum absolute atomic E-state index is 0.0359. The Hall–Kier alpha value is -3.62. The van der Waals surface area contributed by atoms with Gasteiger partial charge in [0.1, 0.15) is 5.82 Å². The van der Waals surface area contributed by atoms with E-state index in [9.17, 15) is 19.7 Å². The Bertz CT molecular complexity index is 820. The second-order valence-corrected chi connectivity index (χ2v) is 5.04. The van der Waals surface area contributed by atoms with E-state index >= 15 is 0 Å². The van der Waals surface area contributed by atoms with Crippen LogP contribution in [0.3, 0.4) is 0 Å². The first-order chi connectivity index (χ1) is 12.0. The average molecular weight is 341 g/mol. The summed E-state index contributed by atoms with van der Waals surface area (Å²) in [6, 6.07) is 10.4. The van der Waals surface area contributed by atoms with Crippen LogP contribution < -0.4 is 10.7 Å². The molecule has 9 heteroatoms. The Morgan fingerprint density at radius 2 is 2.04 bits per heavy atom. The number of benzene rings is 1. The van der Waals surface area contributed by atoms with Gasteiger partial charge >= 0.3 is 0 Å². The van der Waals surface area contributed by atoms with Gasteiger partial charge in [0.2, 0.25) is 5.91 Å². The molecule has 25 heavy (non-hydrogen) atoms. The molecular formula is C16H15N5O4. The normalized spacial score (nSPS) is 10.8. The zero-order valence-electron chi connectivity index (χ0n) is 13.3. The molecule has 0 unspecified atom stereocenters. The second-order valence-electron chi connectivity index (χ2n) is 5.04. The molecule has 0 saturated carbocycles. The van der Waals surface area contributed by atoms with E-state index in [0.29, 0.717) is 11.5 Å². The summed E-state index contributed by atoms with van der Waals surface area (Å²) in [7, 11) is 0. The topological polar surface area (TPSA) is 127 Å². The average Bonchev–Trinajstić information content (AvgIpc) is 2.60. The molecule has 128 valence electrons. The van der Waals surface area contributed by atoms with Crippen LogP contribution in [0, 0.1) is 10.1 Å². The molecule has 1 aromatic heterocycles. The van der Waals surface area contributed by atoms with E-state index in [4.69, 9.17) is 0 Å². The summed E-state index contributed by atoms with van der Waals surface area (Å²) < 4.78 is 0. The first-order valence-electron chi connectivity index (χ1n) is 7.24. The molecule has 0 aliphatic heterocycles. The van der Waals surface area contributed by atoms with Crippen LogP contribution in [0.25, 0.3) is 0 Å². The number of pyridine rings is 1. The number of hydrogen-bond acceptors (Lipinski definition) is 6. The molecule has 2 rings (SSSR count). The third-order valence-electron chi connectivity index (χ3n) is 3.02. The molecule has 0 aliphatic carbocycles. The summed E-state index contributed by atoms with van der Waals surface area (Å²) in [4.78, 5) is 37.9. The third kappa shape index (κ3) is 5.50. The van der Waals surface area contributed by atoms with Gasteiger partial charge in [-0.2, -0.15) is 5.10 Å². The van der Waals surface area contributed by atoms with Gasteiger partial charge in [0.25, 0.3) is 11.6 Å². The second kappa shape index (κ2) is 8.29. The summed E-state index contributed by atoms with van der Waals surface area (Å²) in [6.07, 6.45) is 1.52. The maximum atomic E-state index is 11.9. The van der Waals surface area contributed by atoms with Crippen LogP contribution in [0.15, 0.2) is 53.8 Å². The molecule has 1 heterocycles. The van der Waals surface area contributed by atoms with Gasteiger partial charge in [-0.15, -0.1) is 0 Å². The molecule has 0 atom stereocenters. The van der Waals surface area contributed by atoms with Gasteiger partial charge in [0, 0.05) is 29.6 Å². The first-order valence-corrected chi connectivity index (χ1v) is 7.24. The predicted octanol–water partition coefficient (Wildman–Crippen LogP) is 2.12. The van der Waals surface area contributed by atoms with Gasteiger partial charge in [-0.3, -0.25) is 19.7 Å². The molecule has 2 amide bonds. The van der Waals surface area contributed by atoms with Crippen molar-refractivity contribution < 1.29 is 14.5 Å². The Labute approximate surface area is 142 Å². The minimum Gasteiger partial charge on any atom is -0.310 e. The van der Waals surface area contributed by atoms with E-state index in [2.05, 4.69) is 20.8 Å². The number of nitrogens with zero attached hydrogens (tertiary/aromatic N) is 3. The van der Waals surface area contributed by atoms with Gasteiger partial charge in [0.05, 0.1) is 11.3 Å². The lowest BCUT2D eigenvalue weighted by molar-refractivity contribution is -0.384. The van der Waals surface area contributed by atoms with Crippen molar-refractivity contribution in [3.8, 4) is 0 Å². The summed E-state index contributed by atoms with van der Waals surface area (Å²) in [5, 5.41) is 17.1. The zero-order valence-corrected chi connectivity index (χ0v) is 13.3. The van der Waals surface area contributed by atoms with Crippen LogP contribution in [0.4, 0.5) is 11.5 Å². The number of anilines is 1. The standard InChI is InChI=1S/C16H15N5O4/c1-11(9-15(22)18-14-7-2-3-8-17-14)19-20-16(23)12-5-4-6-13(10-12)21(24)25/h2-8,10H,9H2,1H3,(H,20,23)(H,17,18,22)/b19-11-. The Morgan fingerprint density at radius 3 is 2.72 bits per heavy atom. The van der Waals surface area contributed by atoms with E-state index in [1.54, 1.807) is 31.3 Å². The monoisotopic (exact) mass is 341 g/mol. The molecule has 0 fully saturated rings. The number of rotatable bonds is 6. The quantitative estimate of drug-likeness (QED) is 0.473. The maximum absolute atomic E-state index is 11.9. The number of carbonyl (C=O) groups is 2. The summed E-state index contributed by atoms with van der Waals surface area (Å²) in [5.41, 5.74) is 2.54. The zero-order chi connectivity index (χ0) is 18.2. The number of nitrogens with one attached hydrogen (secondary N) is 2. The highest BCUT2D eigenvalue weighted by Crippen LogP contribution is 2.12. The van der Waals surface area contributed by atoms with Crippen molar-refractivity contribution in [2.75, 3.05) is 5.32 Å². The van der Waals surface area contributed by atoms with Crippen molar-refractivity contribution in [3.63, 3.8) is 0 Å². The van der Waals surface area contributed by atoms with Gasteiger partial charge in [0.15, 0.2) is 0 Å². The fraction of sp³-hybridized carbons (Fsp3) is 0.125. The number of aromatic nitrogens is 1. The predicted molar refractivity (Wildman–Crippen MR) is 91.2 cm³/mol. The molecule has 1 aromatic carbocycles. The van der Waals surface area contributed by atoms with Crippen molar-refractivity contribution in [1.29, 1.82) is 0 Å².